The minimum absolute atomic E-state index is 0.0600. The molecule has 3 rings (SSSR count). The molecular formula is C16H16FN3O2S2. The highest BCUT2D eigenvalue weighted by Gasteiger charge is 2.15. The van der Waals surface area contributed by atoms with Crippen LogP contribution in [-0.4, -0.2) is 41.9 Å². The Morgan fingerprint density at radius 1 is 1.42 bits per heavy atom. The van der Waals surface area contributed by atoms with E-state index in [-0.39, 0.29) is 17.5 Å². The van der Waals surface area contributed by atoms with Crippen LogP contribution in [0.3, 0.4) is 0 Å². The molecule has 0 aliphatic carbocycles. The Morgan fingerprint density at radius 2 is 2.29 bits per heavy atom. The van der Waals surface area contributed by atoms with Gasteiger partial charge in [-0.05, 0) is 18.6 Å². The van der Waals surface area contributed by atoms with Crippen LogP contribution in [0.1, 0.15) is 6.42 Å². The Balaban J connectivity index is 1.75. The summed E-state index contributed by atoms with van der Waals surface area (Å²) in [4.78, 5) is 20.3. The number of halogens is 1. The standard InChI is InChI=1S/C16H16FN3O2S2/c1-22-7-3-6-18-12(21)8-23-16-15-14(19-9-20-16)13-10(17)4-2-5-11(13)24-15/h2,4-5,9H,3,6-8H2,1H3,(H,18,21). The molecule has 24 heavy (non-hydrogen) atoms. The maximum Gasteiger partial charge on any atom is 0.230 e. The zero-order valence-corrected chi connectivity index (χ0v) is 14.7. The van der Waals surface area contributed by atoms with E-state index in [1.165, 1.54) is 35.5 Å². The number of aromatic nitrogens is 2. The fourth-order valence-corrected chi connectivity index (χ4v) is 4.36. The number of fused-ring (bicyclic) bond motifs is 3. The average Bonchev–Trinajstić information content (AvgIpc) is 2.97. The smallest absolute Gasteiger partial charge is 0.230 e. The van der Waals surface area contributed by atoms with Crippen LogP contribution < -0.4 is 5.32 Å². The molecule has 126 valence electrons. The average molecular weight is 365 g/mol. The van der Waals surface area contributed by atoms with Gasteiger partial charge in [-0.15, -0.1) is 11.3 Å². The summed E-state index contributed by atoms with van der Waals surface area (Å²) in [5, 5.41) is 4.05. The first kappa shape index (κ1) is 17.1. The van der Waals surface area contributed by atoms with Gasteiger partial charge in [0, 0.05) is 25.0 Å². The van der Waals surface area contributed by atoms with Crippen molar-refractivity contribution in [2.45, 2.75) is 11.4 Å². The topological polar surface area (TPSA) is 64.1 Å². The van der Waals surface area contributed by atoms with Gasteiger partial charge < -0.3 is 10.1 Å². The molecule has 5 nitrogen and oxygen atoms in total. The predicted molar refractivity (Wildman–Crippen MR) is 95.1 cm³/mol. The second kappa shape index (κ2) is 7.87. The lowest BCUT2D eigenvalue weighted by atomic mass is 10.2. The number of rotatable bonds is 7. The Bertz CT molecular complexity index is 869. The first-order valence-corrected chi connectivity index (χ1v) is 9.21. The van der Waals surface area contributed by atoms with Crippen LogP contribution in [0.5, 0.6) is 0 Å². The van der Waals surface area contributed by atoms with Gasteiger partial charge in [-0.1, -0.05) is 17.8 Å². The lowest BCUT2D eigenvalue weighted by Gasteiger charge is -2.04. The SMILES string of the molecule is COCCCNC(=O)CSc1ncnc2c1sc1cccc(F)c12. The number of carbonyl (C=O) groups is 1. The number of hydrogen-bond donors (Lipinski definition) is 1. The molecule has 2 aromatic heterocycles. The van der Waals surface area contributed by atoms with Gasteiger partial charge in [0.1, 0.15) is 17.2 Å². The molecule has 0 radical (unpaired) electrons. The molecule has 0 aliphatic rings. The summed E-state index contributed by atoms with van der Waals surface area (Å²) in [6, 6.07) is 4.97. The van der Waals surface area contributed by atoms with Crippen molar-refractivity contribution in [3.05, 3.63) is 30.3 Å². The summed E-state index contributed by atoms with van der Waals surface area (Å²) in [6.45, 7) is 1.20. The number of methoxy groups -OCH3 is 1. The van der Waals surface area contributed by atoms with Crippen molar-refractivity contribution < 1.29 is 13.9 Å². The summed E-state index contributed by atoms with van der Waals surface area (Å²) >= 11 is 2.78. The van der Waals surface area contributed by atoms with Crippen molar-refractivity contribution in [2.75, 3.05) is 26.0 Å². The van der Waals surface area contributed by atoms with Gasteiger partial charge >= 0.3 is 0 Å². The third kappa shape index (κ3) is 3.66. The Hall–Kier alpha value is -1.77. The Morgan fingerprint density at radius 3 is 3.12 bits per heavy atom. The van der Waals surface area contributed by atoms with Crippen LogP contribution in [0.4, 0.5) is 4.39 Å². The molecule has 1 amide bonds. The van der Waals surface area contributed by atoms with Crippen molar-refractivity contribution in [1.82, 2.24) is 15.3 Å². The van der Waals surface area contributed by atoms with Gasteiger partial charge in [-0.25, -0.2) is 14.4 Å². The second-order valence-electron chi connectivity index (χ2n) is 5.06. The molecule has 0 fully saturated rings. The van der Waals surface area contributed by atoms with Crippen LogP contribution >= 0.6 is 23.1 Å². The van der Waals surface area contributed by atoms with E-state index in [1.54, 1.807) is 13.2 Å². The van der Waals surface area contributed by atoms with E-state index in [0.717, 1.165) is 15.8 Å². The lowest BCUT2D eigenvalue weighted by Crippen LogP contribution is -2.26. The van der Waals surface area contributed by atoms with Crippen molar-refractivity contribution in [3.63, 3.8) is 0 Å². The Labute approximate surface area is 146 Å². The van der Waals surface area contributed by atoms with E-state index in [4.69, 9.17) is 4.74 Å². The van der Waals surface area contributed by atoms with Gasteiger partial charge in [0.15, 0.2) is 0 Å². The van der Waals surface area contributed by atoms with Crippen LogP contribution in [0.25, 0.3) is 20.3 Å². The summed E-state index contributed by atoms with van der Waals surface area (Å²) in [5.41, 5.74) is 0.603. The largest absolute Gasteiger partial charge is 0.385 e. The van der Waals surface area contributed by atoms with E-state index in [0.29, 0.717) is 29.1 Å². The molecule has 3 aromatic rings. The first-order chi connectivity index (χ1) is 11.7. The first-order valence-electron chi connectivity index (χ1n) is 7.41. The summed E-state index contributed by atoms with van der Waals surface area (Å²) < 4.78 is 20.6. The zero-order chi connectivity index (χ0) is 16.9. The summed E-state index contributed by atoms with van der Waals surface area (Å²) in [6.07, 6.45) is 2.19. The lowest BCUT2D eigenvalue weighted by molar-refractivity contribution is -0.118. The summed E-state index contributed by atoms with van der Waals surface area (Å²) in [5.74, 6) is -0.0880. The van der Waals surface area contributed by atoms with Gasteiger partial charge in [-0.3, -0.25) is 4.79 Å². The molecule has 0 saturated carbocycles. The van der Waals surface area contributed by atoms with Crippen LogP contribution in [0, 0.1) is 5.82 Å². The van der Waals surface area contributed by atoms with E-state index in [1.807, 2.05) is 6.07 Å². The minimum atomic E-state index is -0.288. The fraction of sp³-hybridized carbons (Fsp3) is 0.312. The number of nitrogens with zero attached hydrogens (tertiary/aromatic N) is 2. The highest BCUT2D eigenvalue weighted by atomic mass is 32.2. The molecule has 0 unspecified atom stereocenters. The van der Waals surface area contributed by atoms with Gasteiger partial charge in [0.05, 0.1) is 21.4 Å². The van der Waals surface area contributed by atoms with Crippen LogP contribution in [0.2, 0.25) is 0 Å². The maximum absolute atomic E-state index is 14.1. The number of thioether (sulfide) groups is 1. The highest BCUT2D eigenvalue weighted by Crippen LogP contribution is 2.38. The van der Waals surface area contributed by atoms with Gasteiger partial charge in [0.25, 0.3) is 0 Å². The van der Waals surface area contributed by atoms with E-state index >= 15 is 0 Å². The van der Waals surface area contributed by atoms with Crippen LogP contribution in [0.15, 0.2) is 29.6 Å². The number of ether oxygens (including phenoxy) is 1. The number of benzene rings is 1. The second-order valence-corrected chi connectivity index (χ2v) is 7.07. The van der Waals surface area contributed by atoms with Gasteiger partial charge in [-0.2, -0.15) is 0 Å². The molecule has 1 aromatic carbocycles. The van der Waals surface area contributed by atoms with E-state index < -0.39 is 0 Å². The molecule has 1 N–H and O–H groups in total. The molecule has 8 heteroatoms. The van der Waals surface area contributed by atoms with Crippen LogP contribution in [-0.2, 0) is 9.53 Å². The van der Waals surface area contributed by atoms with Crippen molar-refractivity contribution in [2.24, 2.45) is 0 Å². The third-order valence-electron chi connectivity index (χ3n) is 3.38. The highest BCUT2D eigenvalue weighted by molar-refractivity contribution is 8.00. The molecule has 0 aliphatic heterocycles. The molecular weight excluding hydrogens is 349 g/mol. The fourth-order valence-electron chi connectivity index (χ4n) is 2.29. The third-order valence-corrected chi connectivity index (χ3v) is 5.65. The maximum atomic E-state index is 14.1. The van der Waals surface area contributed by atoms with Crippen molar-refractivity contribution in [3.8, 4) is 0 Å². The number of nitrogens with one attached hydrogen (secondary N) is 1. The number of thiophene rings is 1. The number of carbonyl (C=O) groups excluding carboxylic acids is 1. The van der Waals surface area contributed by atoms with E-state index in [2.05, 4.69) is 15.3 Å². The van der Waals surface area contributed by atoms with E-state index in [9.17, 15) is 9.18 Å². The molecule has 0 spiro atoms. The normalized spacial score (nSPS) is 11.2. The van der Waals surface area contributed by atoms with Crippen molar-refractivity contribution >= 4 is 49.3 Å². The van der Waals surface area contributed by atoms with Gasteiger partial charge in [0.2, 0.25) is 5.91 Å². The quantitative estimate of drug-likeness (QED) is 0.396. The molecule has 0 saturated heterocycles. The molecule has 2 heterocycles. The Kier molecular flexibility index (Phi) is 5.60. The minimum Gasteiger partial charge on any atom is -0.385 e. The molecule has 0 atom stereocenters. The summed E-state index contributed by atoms with van der Waals surface area (Å²) in [7, 11) is 1.63. The van der Waals surface area contributed by atoms with Crippen molar-refractivity contribution in [1.29, 1.82) is 0 Å². The molecule has 0 bridgehead atoms. The predicted octanol–water partition coefficient (Wildman–Crippen LogP) is 3.23. The monoisotopic (exact) mass is 365 g/mol. The zero-order valence-electron chi connectivity index (χ0n) is 13.0. The number of amides is 1. The number of hydrogen-bond acceptors (Lipinski definition) is 6.